The first-order valence-electron chi connectivity index (χ1n) is 8.81. The molecule has 0 radical (unpaired) electrons. The van der Waals surface area contributed by atoms with Gasteiger partial charge in [-0.1, -0.05) is 0 Å². The molecule has 0 fully saturated rings. The number of hydrogen-bond donors (Lipinski definition) is 1. The van der Waals surface area contributed by atoms with E-state index in [1.807, 2.05) is 0 Å². The summed E-state index contributed by atoms with van der Waals surface area (Å²) in [6.45, 7) is 0.634. The highest BCUT2D eigenvalue weighted by Gasteiger charge is 2.32. The Labute approximate surface area is 160 Å². The Morgan fingerprint density at radius 1 is 0.964 bits per heavy atom. The SMILES string of the molecule is O=C1CCc2cc(S(=O)(=O)Nc3ccc(C(F)(F)F)cc3)cc3c2N1CCC3. The summed E-state index contributed by atoms with van der Waals surface area (Å²) in [7, 11) is -3.97. The number of halogens is 3. The van der Waals surface area contributed by atoms with Crippen molar-refractivity contribution in [3.63, 3.8) is 0 Å². The fraction of sp³-hybridized carbons (Fsp3) is 0.316. The third-order valence-corrected chi connectivity index (χ3v) is 6.38. The highest BCUT2D eigenvalue weighted by molar-refractivity contribution is 7.92. The average Bonchev–Trinajstić information content (AvgIpc) is 2.64. The smallest absolute Gasteiger partial charge is 0.312 e. The maximum Gasteiger partial charge on any atom is 0.416 e. The molecule has 0 atom stereocenters. The number of rotatable bonds is 3. The van der Waals surface area contributed by atoms with Crippen molar-refractivity contribution in [3.05, 3.63) is 53.1 Å². The Bertz CT molecular complexity index is 1030. The van der Waals surface area contributed by atoms with Crippen LogP contribution in [0.2, 0.25) is 0 Å². The van der Waals surface area contributed by atoms with Gasteiger partial charge in [0.15, 0.2) is 0 Å². The molecule has 2 aliphatic heterocycles. The number of benzene rings is 2. The summed E-state index contributed by atoms with van der Waals surface area (Å²) in [5.41, 5.74) is 1.64. The van der Waals surface area contributed by atoms with E-state index in [1.165, 1.54) is 0 Å². The van der Waals surface area contributed by atoms with Crippen LogP contribution in [-0.2, 0) is 33.8 Å². The van der Waals surface area contributed by atoms with Crippen LogP contribution in [0.25, 0.3) is 0 Å². The fourth-order valence-electron chi connectivity index (χ4n) is 3.72. The van der Waals surface area contributed by atoms with Crippen molar-refractivity contribution < 1.29 is 26.4 Å². The molecule has 0 saturated carbocycles. The molecule has 1 N–H and O–H groups in total. The lowest BCUT2D eigenvalue weighted by Gasteiger charge is -2.35. The Balaban J connectivity index is 1.66. The van der Waals surface area contributed by atoms with Gasteiger partial charge in [0.2, 0.25) is 5.91 Å². The third-order valence-electron chi connectivity index (χ3n) is 5.02. The Hall–Kier alpha value is -2.55. The van der Waals surface area contributed by atoms with Crippen LogP contribution < -0.4 is 9.62 Å². The van der Waals surface area contributed by atoms with Crippen LogP contribution in [0.3, 0.4) is 0 Å². The predicted octanol–water partition coefficient (Wildman–Crippen LogP) is 3.73. The number of carbonyl (C=O) groups is 1. The van der Waals surface area contributed by atoms with Gasteiger partial charge < -0.3 is 4.90 Å². The molecule has 0 saturated heterocycles. The molecule has 0 spiro atoms. The van der Waals surface area contributed by atoms with Crippen LogP contribution in [-0.4, -0.2) is 20.9 Å². The number of hydrogen-bond acceptors (Lipinski definition) is 3. The quantitative estimate of drug-likeness (QED) is 0.839. The number of carbonyl (C=O) groups excluding carboxylic acids is 1. The summed E-state index contributed by atoms with van der Waals surface area (Å²) in [6, 6.07) is 6.94. The van der Waals surface area contributed by atoms with Crippen LogP contribution >= 0.6 is 0 Å². The molecular weight excluding hydrogens is 393 g/mol. The number of aryl methyl sites for hydroxylation is 2. The van der Waals surface area contributed by atoms with Crippen molar-refractivity contribution in [2.24, 2.45) is 0 Å². The van der Waals surface area contributed by atoms with Gasteiger partial charge in [-0.05, 0) is 66.8 Å². The summed E-state index contributed by atoms with van der Waals surface area (Å²) < 4.78 is 65.9. The van der Waals surface area contributed by atoms with Gasteiger partial charge in [0, 0.05) is 18.7 Å². The molecule has 0 aromatic heterocycles. The molecule has 4 rings (SSSR count). The van der Waals surface area contributed by atoms with Crippen molar-refractivity contribution in [1.29, 1.82) is 0 Å². The summed E-state index contributed by atoms with van der Waals surface area (Å²) >= 11 is 0. The second-order valence-corrected chi connectivity index (χ2v) is 8.60. The summed E-state index contributed by atoms with van der Waals surface area (Å²) in [6.07, 6.45) is -2.24. The minimum Gasteiger partial charge on any atom is -0.312 e. The lowest BCUT2D eigenvalue weighted by molar-refractivity contribution is -0.137. The van der Waals surface area contributed by atoms with Crippen molar-refractivity contribution >= 4 is 27.3 Å². The van der Waals surface area contributed by atoms with E-state index >= 15 is 0 Å². The van der Waals surface area contributed by atoms with E-state index in [-0.39, 0.29) is 16.5 Å². The van der Waals surface area contributed by atoms with E-state index in [4.69, 9.17) is 0 Å². The van der Waals surface area contributed by atoms with Gasteiger partial charge in [0.05, 0.1) is 16.1 Å². The highest BCUT2D eigenvalue weighted by Crippen LogP contribution is 2.38. The number of amides is 1. The molecule has 2 heterocycles. The van der Waals surface area contributed by atoms with Gasteiger partial charge in [0.1, 0.15) is 0 Å². The van der Waals surface area contributed by atoms with Gasteiger partial charge in [-0.25, -0.2) is 8.42 Å². The largest absolute Gasteiger partial charge is 0.416 e. The first kappa shape index (κ1) is 18.8. The van der Waals surface area contributed by atoms with Crippen molar-refractivity contribution in [3.8, 4) is 0 Å². The average molecular weight is 410 g/mol. The third kappa shape index (κ3) is 3.34. The lowest BCUT2D eigenvalue weighted by atomic mass is 9.92. The van der Waals surface area contributed by atoms with E-state index in [0.29, 0.717) is 25.8 Å². The first-order valence-corrected chi connectivity index (χ1v) is 10.3. The van der Waals surface area contributed by atoms with E-state index in [1.54, 1.807) is 17.0 Å². The number of alkyl halides is 3. The summed E-state index contributed by atoms with van der Waals surface area (Å²) in [5, 5.41) is 0. The van der Waals surface area contributed by atoms with Crippen molar-refractivity contribution in [2.75, 3.05) is 16.2 Å². The molecule has 2 aromatic rings. The number of nitrogens with one attached hydrogen (secondary N) is 1. The minimum atomic E-state index is -4.48. The zero-order chi connectivity index (χ0) is 20.1. The van der Waals surface area contributed by atoms with Crippen LogP contribution in [0.5, 0.6) is 0 Å². The van der Waals surface area contributed by atoms with Crippen molar-refractivity contribution in [2.45, 2.75) is 36.8 Å². The molecule has 148 valence electrons. The highest BCUT2D eigenvalue weighted by atomic mass is 32.2. The van der Waals surface area contributed by atoms with E-state index in [0.717, 1.165) is 47.5 Å². The molecule has 2 aliphatic rings. The Morgan fingerprint density at radius 2 is 1.61 bits per heavy atom. The molecule has 1 amide bonds. The predicted molar refractivity (Wildman–Crippen MR) is 97.7 cm³/mol. The van der Waals surface area contributed by atoms with Crippen molar-refractivity contribution in [1.82, 2.24) is 0 Å². The second kappa shape index (κ2) is 6.51. The number of nitrogens with zero attached hydrogens (tertiary/aromatic N) is 1. The molecule has 0 bridgehead atoms. The van der Waals surface area contributed by atoms with Gasteiger partial charge in [-0.3, -0.25) is 9.52 Å². The van der Waals surface area contributed by atoms with Crippen LogP contribution in [0.4, 0.5) is 24.5 Å². The van der Waals surface area contributed by atoms with Gasteiger partial charge in [-0.2, -0.15) is 13.2 Å². The Morgan fingerprint density at radius 3 is 2.25 bits per heavy atom. The molecule has 0 unspecified atom stereocenters. The molecule has 28 heavy (non-hydrogen) atoms. The second-order valence-electron chi connectivity index (χ2n) is 6.92. The summed E-state index contributed by atoms with van der Waals surface area (Å²) in [4.78, 5) is 13.9. The zero-order valence-corrected chi connectivity index (χ0v) is 15.5. The van der Waals surface area contributed by atoms with Gasteiger partial charge in [0.25, 0.3) is 10.0 Å². The van der Waals surface area contributed by atoms with E-state index in [2.05, 4.69) is 4.72 Å². The van der Waals surface area contributed by atoms with Gasteiger partial charge >= 0.3 is 6.18 Å². The topological polar surface area (TPSA) is 66.5 Å². The molecular formula is C19H17F3N2O3S. The first-order chi connectivity index (χ1) is 13.1. The minimum absolute atomic E-state index is 0.0481. The maximum atomic E-state index is 12.8. The monoisotopic (exact) mass is 410 g/mol. The van der Waals surface area contributed by atoms with Crippen LogP contribution in [0.1, 0.15) is 29.5 Å². The van der Waals surface area contributed by atoms with E-state index < -0.39 is 21.8 Å². The van der Waals surface area contributed by atoms with E-state index in [9.17, 15) is 26.4 Å². The maximum absolute atomic E-state index is 12.8. The van der Waals surface area contributed by atoms with Crippen LogP contribution in [0, 0.1) is 0 Å². The fourth-order valence-corrected chi connectivity index (χ4v) is 4.88. The zero-order valence-electron chi connectivity index (χ0n) is 14.7. The van der Waals surface area contributed by atoms with Gasteiger partial charge in [-0.15, -0.1) is 0 Å². The summed E-state index contributed by atoms with van der Waals surface area (Å²) in [5.74, 6) is 0.0481. The number of sulfonamides is 1. The Kier molecular flexibility index (Phi) is 4.37. The normalized spacial score (nSPS) is 16.7. The van der Waals surface area contributed by atoms with Crippen LogP contribution in [0.15, 0.2) is 41.3 Å². The molecule has 0 aliphatic carbocycles. The standard InChI is InChI=1S/C19H17F3N2O3S/c20-19(21,22)14-4-6-15(7-5-14)23-28(26,27)16-10-12-2-1-9-24-17(25)8-3-13(11-16)18(12)24/h4-7,10-11,23H,1-3,8-9H2. The lowest BCUT2D eigenvalue weighted by Crippen LogP contribution is -2.39. The molecule has 2 aromatic carbocycles. The molecule has 9 heteroatoms. The number of anilines is 2. The molecule has 5 nitrogen and oxygen atoms in total.